The summed E-state index contributed by atoms with van der Waals surface area (Å²) in [4.78, 5) is 33.1. The lowest BCUT2D eigenvalue weighted by molar-refractivity contribution is -0.190. The van der Waals surface area contributed by atoms with Crippen LogP contribution in [0.1, 0.15) is 32.8 Å². The lowest BCUT2D eigenvalue weighted by Gasteiger charge is -2.49. The average Bonchev–Trinajstić information content (AvgIpc) is 3.94. The van der Waals surface area contributed by atoms with E-state index < -0.39 is 19.8 Å². The standard InChI is InChI=1S/C37H50N8O4Si/c1-36(2,3)50(4,5)49-28-17-29(31-32-33(31)42-32)45(21-28)35-39-18-26(19-40-35)25-9-10-38-30(16-25)41-27-8-6-7-24(15-27)20-43-11-13-44(14-12-43)37(34(46)47)22-48-23-37/h6-10,15-16,18-19,28-29,31-33,42H,11-14,17,20-23H2,1-5H3,(H,38,41)(H,46,47). The van der Waals surface area contributed by atoms with Crippen molar-refractivity contribution in [3.63, 3.8) is 0 Å². The van der Waals surface area contributed by atoms with E-state index in [1.54, 1.807) is 0 Å². The Morgan fingerprint density at radius 2 is 1.80 bits per heavy atom. The number of nitrogens with zero attached hydrogens (tertiary/aromatic N) is 6. The van der Waals surface area contributed by atoms with Crippen molar-refractivity contribution in [2.75, 3.05) is 56.2 Å². The van der Waals surface area contributed by atoms with Crippen LogP contribution in [0.2, 0.25) is 18.1 Å². The molecule has 12 nitrogen and oxygen atoms in total. The second-order valence-corrected chi connectivity index (χ2v) is 21.1. The third-order valence-electron chi connectivity index (χ3n) is 12.0. The molecular formula is C37H50N8O4Si. The Kier molecular flexibility index (Phi) is 8.51. The van der Waals surface area contributed by atoms with Gasteiger partial charge in [0.2, 0.25) is 5.95 Å². The van der Waals surface area contributed by atoms with Crippen molar-refractivity contribution < 1.29 is 19.1 Å². The number of carboxylic acids is 1. The molecule has 8 rings (SSSR count). The lowest BCUT2D eigenvalue weighted by Crippen LogP contribution is -2.70. The molecule has 4 unspecified atom stereocenters. The van der Waals surface area contributed by atoms with Crippen molar-refractivity contribution in [3.05, 3.63) is 60.6 Å². The van der Waals surface area contributed by atoms with Crippen molar-refractivity contribution in [2.24, 2.45) is 5.92 Å². The Labute approximate surface area is 295 Å². The molecular weight excluding hydrogens is 649 g/mol. The molecule has 0 amide bonds. The van der Waals surface area contributed by atoms with Gasteiger partial charge in [-0.2, -0.15) is 0 Å². The molecule has 1 aliphatic carbocycles. The van der Waals surface area contributed by atoms with E-state index >= 15 is 0 Å². The smallest absolute Gasteiger partial charge is 0.328 e. The molecule has 0 radical (unpaired) electrons. The van der Waals surface area contributed by atoms with Crippen molar-refractivity contribution in [1.29, 1.82) is 0 Å². The van der Waals surface area contributed by atoms with E-state index in [0.717, 1.165) is 74.3 Å². The van der Waals surface area contributed by atoms with Crippen LogP contribution in [0.25, 0.3) is 11.1 Å². The van der Waals surface area contributed by atoms with E-state index in [1.807, 2.05) is 30.7 Å². The fraction of sp³-hybridized carbons (Fsp3) is 0.568. The molecule has 4 aliphatic heterocycles. The number of carbonyl (C=O) groups is 1. The Hall–Kier alpha value is -3.46. The number of fused-ring (bicyclic) bond motifs is 1. The molecule has 13 heteroatoms. The van der Waals surface area contributed by atoms with Crippen LogP contribution in [0.15, 0.2) is 55.0 Å². The molecule has 5 fully saturated rings. The maximum absolute atomic E-state index is 11.9. The molecule has 2 aromatic heterocycles. The second kappa shape index (κ2) is 12.6. The van der Waals surface area contributed by atoms with Gasteiger partial charge in [0.25, 0.3) is 0 Å². The van der Waals surface area contributed by atoms with Gasteiger partial charge in [0.1, 0.15) is 5.82 Å². The van der Waals surface area contributed by atoms with Crippen molar-refractivity contribution in [1.82, 2.24) is 30.1 Å². The number of aliphatic carboxylic acids is 1. The second-order valence-electron chi connectivity index (χ2n) is 16.4. The average molecular weight is 699 g/mol. The van der Waals surface area contributed by atoms with Crippen LogP contribution in [0.4, 0.5) is 17.5 Å². The molecule has 1 aromatic carbocycles. The highest BCUT2D eigenvalue weighted by atomic mass is 28.4. The van der Waals surface area contributed by atoms with Gasteiger partial charge < -0.3 is 29.8 Å². The third-order valence-corrected chi connectivity index (χ3v) is 16.6. The van der Waals surface area contributed by atoms with Crippen LogP contribution in [0.3, 0.4) is 0 Å². The van der Waals surface area contributed by atoms with Gasteiger partial charge in [0.15, 0.2) is 13.9 Å². The van der Waals surface area contributed by atoms with Crippen molar-refractivity contribution in [2.45, 2.75) is 81.6 Å². The number of anilines is 3. The minimum atomic E-state index is -1.88. The van der Waals surface area contributed by atoms with Gasteiger partial charge in [-0.15, -0.1) is 0 Å². The van der Waals surface area contributed by atoms with E-state index in [2.05, 4.69) is 88.4 Å². The number of piperazine rings is 1. The third kappa shape index (κ3) is 6.43. The maximum Gasteiger partial charge on any atom is 0.328 e. The number of hydrogen-bond donors (Lipinski definition) is 3. The largest absolute Gasteiger partial charge is 0.480 e. The summed E-state index contributed by atoms with van der Waals surface area (Å²) in [6.07, 6.45) is 6.93. The highest BCUT2D eigenvalue weighted by Gasteiger charge is 2.69. The van der Waals surface area contributed by atoms with Crippen LogP contribution in [-0.4, -0.2) is 120 Å². The number of pyridine rings is 1. The summed E-state index contributed by atoms with van der Waals surface area (Å²) < 4.78 is 12.2. The number of rotatable bonds is 11. The number of benzene rings is 1. The Morgan fingerprint density at radius 1 is 1.06 bits per heavy atom. The van der Waals surface area contributed by atoms with Gasteiger partial charge in [-0.25, -0.2) is 15.0 Å². The first-order valence-corrected chi connectivity index (χ1v) is 20.9. The van der Waals surface area contributed by atoms with E-state index in [9.17, 15) is 9.90 Å². The SMILES string of the molecule is CC(C)(C)[Si](C)(C)OC1CC(C2C3NC32)N(c2ncc(-c3ccnc(Nc4cccc(CN5CCN(C6(C(=O)O)COC6)CC5)c4)c3)cn2)C1. The van der Waals surface area contributed by atoms with Crippen LogP contribution in [0.5, 0.6) is 0 Å². The van der Waals surface area contributed by atoms with E-state index in [1.165, 1.54) is 5.56 Å². The Bertz CT molecular complexity index is 1710. The zero-order chi connectivity index (χ0) is 34.8. The normalized spacial score (nSPS) is 27.8. The molecule has 1 saturated carbocycles. The van der Waals surface area contributed by atoms with Crippen LogP contribution >= 0.6 is 0 Å². The number of nitrogens with one attached hydrogen (secondary N) is 2. The fourth-order valence-electron chi connectivity index (χ4n) is 7.70. The topological polar surface area (TPSA) is 138 Å². The summed E-state index contributed by atoms with van der Waals surface area (Å²) in [7, 11) is -1.88. The van der Waals surface area contributed by atoms with Crippen LogP contribution in [-0.2, 0) is 20.5 Å². The number of hydrogen-bond acceptors (Lipinski definition) is 11. The fourth-order valence-corrected chi connectivity index (χ4v) is 9.06. The summed E-state index contributed by atoms with van der Waals surface area (Å²) in [6, 6.07) is 14.2. The molecule has 3 aromatic rings. The minimum Gasteiger partial charge on any atom is -0.480 e. The van der Waals surface area contributed by atoms with Gasteiger partial charge in [-0.05, 0) is 59.9 Å². The Morgan fingerprint density at radius 3 is 2.42 bits per heavy atom. The van der Waals surface area contributed by atoms with Gasteiger partial charge in [-0.1, -0.05) is 32.9 Å². The summed E-state index contributed by atoms with van der Waals surface area (Å²) >= 11 is 0. The summed E-state index contributed by atoms with van der Waals surface area (Å²) in [5.41, 5.74) is 3.27. The highest BCUT2D eigenvalue weighted by molar-refractivity contribution is 6.74. The molecule has 4 atom stereocenters. The first-order valence-electron chi connectivity index (χ1n) is 18.0. The molecule has 4 saturated heterocycles. The monoisotopic (exact) mass is 698 g/mol. The first kappa shape index (κ1) is 33.7. The Balaban J connectivity index is 0.898. The summed E-state index contributed by atoms with van der Waals surface area (Å²) in [5.74, 6) is 1.43. The van der Waals surface area contributed by atoms with E-state index in [4.69, 9.17) is 19.1 Å². The predicted octanol–water partition coefficient (Wildman–Crippen LogP) is 4.19. The number of ether oxygens (including phenoxy) is 1. The highest BCUT2D eigenvalue weighted by Crippen LogP contribution is 2.52. The molecule has 266 valence electrons. The quantitative estimate of drug-likeness (QED) is 0.196. The maximum atomic E-state index is 11.9. The van der Waals surface area contributed by atoms with E-state index in [-0.39, 0.29) is 24.4 Å². The van der Waals surface area contributed by atoms with Gasteiger partial charge in [-0.3, -0.25) is 14.6 Å². The summed E-state index contributed by atoms with van der Waals surface area (Å²) in [5, 5.41) is 17.0. The zero-order valence-electron chi connectivity index (χ0n) is 29.8. The zero-order valence-corrected chi connectivity index (χ0v) is 30.8. The lowest BCUT2D eigenvalue weighted by atomic mass is 9.94. The molecule has 3 N–H and O–H groups in total. The number of carboxylic acid groups (broad SMARTS) is 1. The molecule has 50 heavy (non-hydrogen) atoms. The number of aromatic nitrogens is 3. The van der Waals surface area contributed by atoms with E-state index in [0.29, 0.717) is 24.0 Å². The summed E-state index contributed by atoms with van der Waals surface area (Å²) in [6.45, 7) is 16.9. The van der Waals surface area contributed by atoms with Gasteiger partial charge in [0.05, 0.1) is 19.3 Å². The predicted molar refractivity (Wildman–Crippen MR) is 195 cm³/mol. The van der Waals surface area contributed by atoms with Gasteiger partial charge in [0, 0.05) is 93.2 Å². The molecule has 6 heterocycles. The molecule has 5 aliphatic rings. The molecule has 0 bridgehead atoms. The van der Waals surface area contributed by atoms with Crippen LogP contribution < -0.4 is 15.5 Å². The van der Waals surface area contributed by atoms with Gasteiger partial charge >= 0.3 is 5.97 Å². The minimum absolute atomic E-state index is 0.177. The molecule has 0 spiro atoms. The van der Waals surface area contributed by atoms with Crippen LogP contribution in [0, 0.1) is 5.92 Å². The first-order chi connectivity index (χ1) is 23.9. The van der Waals surface area contributed by atoms with Crippen molar-refractivity contribution >= 4 is 31.7 Å². The van der Waals surface area contributed by atoms with Crippen molar-refractivity contribution in [3.8, 4) is 11.1 Å².